The van der Waals surface area contributed by atoms with Gasteiger partial charge in [-0.25, -0.2) is 0 Å². The molecule has 0 bridgehead atoms. The maximum Gasteiger partial charge on any atom is 0.0515 e. The van der Waals surface area contributed by atoms with Crippen LogP contribution in [-0.4, -0.2) is 38.1 Å². The van der Waals surface area contributed by atoms with E-state index in [1.54, 1.807) is 0 Å². The van der Waals surface area contributed by atoms with Crippen molar-refractivity contribution in [1.29, 1.82) is 0 Å². The predicted molar refractivity (Wildman–Crippen MR) is 73.0 cm³/mol. The van der Waals surface area contributed by atoms with E-state index >= 15 is 0 Å². The highest BCUT2D eigenvalue weighted by atomic mass is 79.9. The molecule has 0 unspecified atom stereocenters. The van der Waals surface area contributed by atoms with Crippen LogP contribution in [0.4, 0.5) is 11.4 Å². The SMILES string of the molecule is Cc1cc(N2CCN(C)CC2)c(Br)cc1N. The number of hydrogen-bond donors (Lipinski definition) is 1. The van der Waals surface area contributed by atoms with Crippen LogP contribution in [0.3, 0.4) is 0 Å². The van der Waals surface area contributed by atoms with Crippen LogP contribution >= 0.6 is 15.9 Å². The number of hydrogen-bond acceptors (Lipinski definition) is 3. The Kier molecular flexibility index (Phi) is 3.40. The third-order valence-electron chi connectivity index (χ3n) is 3.18. The number of aryl methyl sites for hydroxylation is 1. The Hall–Kier alpha value is -0.740. The molecule has 0 atom stereocenters. The fourth-order valence-electron chi connectivity index (χ4n) is 1.97. The molecule has 4 heteroatoms. The average molecular weight is 284 g/mol. The molecule has 1 aliphatic heterocycles. The Balaban J connectivity index is 2.23. The smallest absolute Gasteiger partial charge is 0.0515 e. The van der Waals surface area contributed by atoms with Gasteiger partial charge in [0.1, 0.15) is 0 Å². The van der Waals surface area contributed by atoms with Gasteiger partial charge in [-0.15, -0.1) is 0 Å². The number of anilines is 2. The van der Waals surface area contributed by atoms with Crippen LogP contribution in [-0.2, 0) is 0 Å². The first-order valence-electron chi connectivity index (χ1n) is 5.57. The van der Waals surface area contributed by atoms with Crippen molar-refractivity contribution in [3.8, 4) is 0 Å². The van der Waals surface area contributed by atoms with Crippen LogP contribution in [0.2, 0.25) is 0 Å². The summed E-state index contributed by atoms with van der Waals surface area (Å²) >= 11 is 3.60. The predicted octanol–water partition coefficient (Wildman–Crippen LogP) is 2.09. The molecule has 1 heterocycles. The summed E-state index contributed by atoms with van der Waals surface area (Å²) in [5.74, 6) is 0. The lowest BCUT2D eigenvalue weighted by atomic mass is 10.1. The second-order valence-corrected chi connectivity index (χ2v) is 5.30. The Morgan fingerprint density at radius 3 is 2.44 bits per heavy atom. The average Bonchev–Trinajstić information content (AvgIpc) is 2.25. The van der Waals surface area contributed by atoms with Gasteiger partial charge in [-0.3, -0.25) is 0 Å². The van der Waals surface area contributed by atoms with Gasteiger partial charge in [0.15, 0.2) is 0 Å². The summed E-state index contributed by atoms with van der Waals surface area (Å²) in [7, 11) is 2.17. The highest BCUT2D eigenvalue weighted by Crippen LogP contribution is 2.31. The quantitative estimate of drug-likeness (QED) is 0.802. The van der Waals surface area contributed by atoms with Crippen molar-refractivity contribution in [3.05, 3.63) is 22.2 Å². The molecule has 88 valence electrons. The molecule has 1 saturated heterocycles. The third kappa shape index (κ3) is 2.33. The molecule has 16 heavy (non-hydrogen) atoms. The molecule has 0 radical (unpaired) electrons. The largest absolute Gasteiger partial charge is 0.398 e. The molecule has 3 nitrogen and oxygen atoms in total. The summed E-state index contributed by atoms with van der Waals surface area (Å²) in [5, 5.41) is 0. The number of nitrogen functional groups attached to an aromatic ring is 1. The van der Waals surface area contributed by atoms with Crippen LogP contribution in [0.1, 0.15) is 5.56 Å². The van der Waals surface area contributed by atoms with Gasteiger partial charge < -0.3 is 15.5 Å². The second-order valence-electron chi connectivity index (χ2n) is 4.45. The maximum atomic E-state index is 5.88. The fourth-order valence-corrected chi connectivity index (χ4v) is 2.58. The van der Waals surface area contributed by atoms with Crippen LogP contribution in [0.5, 0.6) is 0 Å². The monoisotopic (exact) mass is 283 g/mol. The normalized spacial score (nSPS) is 17.8. The van der Waals surface area contributed by atoms with Crippen LogP contribution in [0.15, 0.2) is 16.6 Å². The van der Waals surface area contributed by atoms with Gasteiger partial charge in [0.25, 0.3) is 0 Å². The topological polar surface area (TPSA) is 32.5 Å². The van der Waals surface area contributed by atoms with E-state index in [0.29, 0.717) is 0 Å². The summed E-state index contributed by atoms with van der Waals surface area (Å²) in [4.78, 5) is 4.77. The second kappa shape index (κ2) is 4.63. The minimum atomic E-state index is 0.852. The van der Waals surface area contributed by atoms with Crippen LogP contribution in [0, 0.1) is 6.92 Å². The number of piperazine rings is 1. The molecule has 0 spiro atoms. The maximum absolute atomic E-state index is 5.88. The van der Waals surface area contributed by atoms with E-state index in [-0.39, 0.29) is 0 Å². The molecule has 1 aromatic carbocycles. The van der Waals surface area contributed by atoms with Crippen molar-refractivity contribution < 1.29 is 0 Å². The van der Waals surface area contributed by atoms with Crippen molar-refractivity contribution in [2.75, 3.05) is 43.9 Å². The van der Waals surface area contributed by atoms with E-state index in [4.69, 9.17) is 5.73 Å². The Morgan fingerprint density at radius 1 is 1.19 bits per heavy atom. The Bertz CT molecular complexity index is 384. The highest BCUT2D eigenvalue weighted by Gasteiger charge is 2.16. The van der Waals surface area contributed by atoms with Gasteiger partial charge in [0.2, 0.25) is 0 Å². The Morgan fingerprint density at radius 2 is 1.81 bits per heavy atom. The van der Waals surface area contributed by atoms with Gasteiger partial charge in [-0.05, 0) is 47.6 Å². The van der Waals surface area contributed by atoms with Gasteiger partial charge in [0.05, 0.1) is 5.69 Å². The van der Waals surface area contributed by atoms with Gasteiger partial charge in [-0.1, -0.05) is 0 Å². The molecule has 1 aromatic rings. The molecule has 0 aliphatic carbocycles. The van der Waals surface area contributed by atoms with Crippen molar-refractivity contribution in [2.24, 2.45) is 0 Å². The lowest BCUT2D eigenvalue weighted by Gasteiger charge is -2.34. The minimum absolute atomic E-state index is 0.852. The number of halogens is 1. The fraction of sp³-hybridized carbons (Fsp3) is 0.500. The molecule has 0 amide bonds. The first kappa shape index (κ1) is 11.7. The zero-order chi connectivity index (χ0) is 11.7. The number of nitrogens with two attached hydrogens (primary N) is 1. The minimum Gasteiger partial charge on any atom is -0.398 e. The summed E-state index contributed by atoms with van der Waals surface area (Å²) in [6.45, 7) is 6.46. The molecule has 1 aliphatic rings. The van der Waals surface area contributed by atoms with Crippen molar-refractivity contribution in [2.45, 2.75) is 6.92 Å². The number of benzene rings is 1. The zero-order valence-corrected chi connectivity index (χ0v) is 11.4. The summed E-state index contributed by atoms with van der Waals surface area (Å²) in [6.07, 6.45) is 0. The van der Waals surface area contributed by atoms with Crippen LogP contribution in [0.25, 0.3) is 0 Å². The van der Waals surface area contributed by atoms with E-state index in [1.807, 2.05) is 6.07 Å². The first-order chi connectivity index (χ1) is 7.58. The molecular formula is C12H18BrN3. The lowest BCUT2D eigenvalue weighted by Crippen LogP contribution is -2.44. The van der Waals surface area contributed by atoms with E-state index < -0.39 is 0 Å². The first-order valence-corrected chi connectivity index (χ1v) is 6.36. The van der Waals surface area contributed by atoms with Crippen molar-refractivity contribution >= 4 is 27.3 Å². The summed E-state index contributed by atoms with van der Waals surface area (Å²) < 4.78 is 1.10. The van der Waals surface area contributed by atoms with E-state index in [2.05, 4.69) is 45.8 Å². The third-order valence-corrected chi connectivity index (χ3v) is 3.81. The van der Waals surface area contributed by atoms with Gasteiger partial charge >= 0.3 is 0 Å². The molecule has 2 rings (SSSR count). The molecule has 1 fully saturated rings. The highest BCUT2D eigenvalue weighted by molar-refractivity contribution is 9.10. The van der Waals surface area contributed by atoms with Crippen molar-refractivity contribution in [3.63, 3.8) is 0 Å². The Labute approximate surface area is 105 Å². The molecule has 0 aromatic heterocycles. The van der Waals surface area contributed by atoms with E-state index in [1.165, 1.54) is 5.69 Å². The molecule has 2 N–H and O–H groups in total. The van der Waals surface area contributed by atoms with Crippen molar-refractivity contribution in [1.82, 2.24) is 4.90 Å². The standard InChI is InChI=1S/C12H18BrN3/c1-9-7-12(10(13)8-11(9)14)16-5-3-15(2)4-6-16/h7-8H,3-6,14H2,1-2H3. The van der Waals surface area contributed by atoms with E-state index in [0.717, 1.165) is 41.9 Å². The number of rotatable bonds is 1. The number of likely N-dealkylation sites (N-methyl/N-ethyl adjacent to an activating group) is 1. The van der Waals surface area contributed by atoms with Crippen LogP contribution < -0.4 is 10.6 Å². The molecular weight excluding hydrogens is 266 g/mol. The number of nitrogens with zero attached hydrogens (tertiary/aromatic N) is 2. The zero-order valence-electron chi connectivity index (χ0n) is 9.83. The van der Waals surface area contributed by atoms with E-state index in [9.17, 15) is 0 Å². The lowest BCUT2D eigenvalue weighted by molar-refractivity contribution is 0.312. The van der Waals surface area contributed by atoms with Gasteiger partial charge in [0, 0.05) is 36.3 Å². The summed E-state index contributed by atoms with van der Waals surface area (Å²) in [6, 6.07) is 4.17. The summed E-state index contributed by atoms with van der Waals surface area (Å²) in [5.41, 5.74) is 9.15. The molecule has 0 saturated carbocycles. The van der Waals surface area contributed by atoms with Gasteiger partial charge in [-0.2, -0.15) is 0 Å².